The molecule has 0 aromatic rings. The van der Waals surface area contributed by atoms with Crippen molar-refractivity contribution in [3.8, 4) is 0 Å². The van der Waals surface area contributed by atoms with Crippen LogP contribution in [0.1, 0.15) is 6.92 Å². The third kappa shape index (κ3) is 10.4. The number of aliphatic carboxylic acids is 1. The quantitative estimate of drug-likeness (QED) is 0.537. The highest BCUT2D eigenvalue weighted by molar-refractivity contribution is 5.79. The molecule has 1 amide bonds. The first-order chi connectivity index (χ1) is 8.85. The molecule has 0 saturated carbocycles. The minimum atomic E-state index is -0.934. The highest BCUT2D eigenvalue weighted by Gasteiger charge is 2.15. The zero-order valence-corrected chi connectivity index (χ0v) is 12.2. The summed E-state index contributed by atoms with van der Waals surface area (Å²) in [6, 6.07) is -0.0852. The monoisotopic (exact) mass is 275 g/mol. The third-order valence-corrected chi connectivity index (χ3v) is 2.41. The predicted octanol–water partition coefficient (Wildman–Crippen LogP) is -0.914. The molecule has 0 aromatic heterocycles. The number of ether oxygens (including phenoxy) is 1. The zero-order chi connectivity index (χ0) is 14.8. The number of likely N-dealkylation sites (N-methyl/N-ethyl adjacent to an activating group) is 1. The van der Waals surface area contributed by atoms with Crippen LogP contribution >= 0.6 is 0 Å². The van der Waals surface area contributed by atoms with Gasteiger partial charge in [-0.3, -0.25) is 14.5 Å². The van der Waals surface area contributed by atoms with Gasteiger partial charge in [0.1, 0.15) is 0 Å². The van der Waals surface area contributed by atoms with Gasteiger partial charge in [0.05, 0.1) is 19.7 Å². The minimum Gasteiger partial charge on any atom is -0.480 e. The summed E-state index contributed by atoms with van der Waals surface area (Å²) in [7, 11) is 5.37. The van der Waals surface area contributed by atoms with Gasteiger partial charge in [0, 0.05) is 26.2 Å². The van der Waals surface area contributed by atoms with E-state index in [0.29, 0.717) is 19.7 Å². The Morgan fingerprint density at radius 3 is 2.37 bits per heavy atom. The molecule has 19 heavy (non-hydrogen) atoms. The van der Waals surface area contributed by atoms with Crippen LogP contribution < -0.4 is 5.32 Å². The molecular weight excluding hydrogens is 250 g/mol. The van der Waals surface area contributed by atoms with Gasteiger partial charge < -0.3 is 20.1 Å². The highest BCUT2D eigenvalue weighted by Crippen LogP contribution is 1.91. The van der Waals surface area contributed by atoms with Gasteiger partial charge in [0.25, 0.3) is 0 Å². The van der Waals surface area contributed by atoms with Crippen molar-refractivity contribution in [1.29, 1.82) is 0 Å². The molecule has 7 heteroatoms. The SMILES string of the molecule is COCC(C)NC(=O)CN(CCN(C)C)CC(=O)O. The number of nitrogens with one attached hydrogen (secondary N) is 1. The molecule has 112 valence electrons. The number of carboxylic acid groups (broad SMARTS) is 1. The first-order valence-corrected chi connectivity index (χ1v) is 6.22. The number of amides is 1. The molecule has 7 nitrogen and oxygen atoms in total. The van der Waals surface area contributed by atoms with E-state index < -0.39 is 5.97 Å². The lowest BCUT2D eigenvalue weighted by molar-refractivity contribution is -0.138. The van der Waals surface area contributed by atoms with Crippen LogP contribution in [0.15, 0.2) is 0 Å². The van der Waals surface area contributed by atoms with Gasteiger partial charge in [0.15, 0.2) is 0 Å². The molecule has 0 aliphatic heterocycles. The molecular formula is C12H25N3O4. The van der Waals surface area contributed by atoms with Crippen molar-refractivity contribution in [2.75, 3.05) is 54.0 Å². The second-order valence-corrected chi connectivity index (χ2v) is 4.83. The minimum absolute atomic E-state index is 0.0776. The number of carbonyl (C=O) groups is 2. The van der Waals surface area contributed by atoms with Crippen molar-refractivity contribution in [1.82, 2.24) is 15.1 Å². The topological polar surface area (TPSA) is 82.1 Å². The van der Waals surface area contributed by atoms with Crippen molar-refractivity contribution in [3.63, 3.8) is 0 Å². The van der Waals surface area contributed by atoms with E-state index in [1.54, 1.807) is 12.0 Å². The lowest BCUT2D eigenvalue weighted by Gasteiger charge is -2.22. The largest absolute Gasteiger partial charge is 0.480 e. The Kier molecular flexibility index (Phi) is 9.11. The van der Waals surface area contributed by atoms with Crippen LogP contribution in [-0.4, -0.2) is 86.8 Å². The van der Waals surface area contributed by atoms with E-state index in [4.69, 9.17) is 9.84 Å². The lowest BCUT2D eigenvalue weighted by atomic mass is 10.3. The Bertz CT molecular complexity index is 284. The van der Waals surface area contributed by atoms with Crippen molar-refractivity contribution in [2.45, 2.75) is 13.0 Å². The van der Waals surface area contributed by atoms with Crippen LogP contribution in [0.25, 0.3) is 0 Å². The summed E-state index contributed by atoms with van der Waals surface area (Å²) >= 11 is 0. The number of nitrogens with zero attached hydrogens (tertiary/aromatic N) is 2. The summed E-state index contributed by atoms with van der Waals surface area (Å²) in [5, 5.41) is 11.6. The second kappa shape index (κ2) is 9.71. The molecule has 0 heterocycles. The van der Waals surface area contributed by atoms with Gasteiger partial charge in [-0.15, -0.1) is 0 Å². The number of rotatable bonds is 10. The standard InChI is InChI=1S/C12H25N3O4/c1-10(9-19-4)13-11(16)7-15(8-12(17)18)6-5-14(2)3/h10H,5-9H2,1-4H3,(H,13,16)(H,17,18). The van der Waals surface area contributed by atoms with Crippen molar-refractivity contribution >= 4 is 11.9 Å². The lowest BCUT2D eigenvalue weighted by Crippen LogP contribution is -2.45. The normalized spacial score (nSPS) is 12.7. The van der Waals surface area contributed by atoms with E-state index in [1.807, 2.05) is 25.9 Å². The Balaban J connectivity index is 4.21. The Morgan fingerprint density at radius 2 is 1.89 bits per heavy atom. The molecule has 0 saturated heterocycles. The third-order valence-electron chi connectivity index (χ3n) is 2.41. The molecule has 0 fully saturated rings. The second-order valence-electron chi connectivity index (χ2n) is 4.83. The average Bonchev–Trinajstić information content (AvgIpc) is 2.25. The zero-order valence-electron chi connectivity index (χ0n) is 12.2. The van der Waals surface area contributed by atoms with Gasteiger partial charge >= 0.3 is 5.97 Å². The fourth-order valence-electron chi connectivity index (χ4n) is 1.56. The summed E-state index contributed by atoms with van der Waals surface area (Å²) in [6.45, 7) is 3.44. The maximum absolute atomic E-state index is 11.7. The van der Waals surface area contributed by atoms with Gasteiger partial charge in [-0.25, -0.2) is 0 Å². The van der Waals surface area contributed by atoms with Crippen LogP contribution in [0.3, 0.4) is 0 Å². The van der Waals surface area contributed by atoms with E-state index in [0.717, 1.165) is 0 Å². The number of methoxy groups -OCH3 is 1. The van der Waals surface area contributed by atoms with E-state index in [2.05, 4.69) is 5.32 Å². The molecule has 0 bridgehead atoms. The van der Waals surface area contributed by atoms with Crippen LogP contribution in [-0.2, 0) is 14.3 Å². The van der Waals surface area contributed by atoms with Crippen LogP contribution in [0.5, 0.6) is 0 Å². The Hall–Kier alpha value is -1.18. The van der Waals surface area contributed by atoms with Gasteiger partial charge in [-0.1, -0.05) is 0 Å². The maximum Gasteiger partial charge on any atom is 0.317 e. The fourth-order valence-corrected chi connectivity index (χ4v) is 1.56. The van der Waals surface area contributed by atoms with Gasteiger partial charge in [-0.2, -0.15) is 0 Å². The average molecular weight is 275 g/mol. The van der Waals surface area contributed by atoms with E-state index in [9.17, 15) is 9.59 Å². The summed E-state index contributed by atoms with van der Waals surface area (Å²) in [5.74, 6) is -1.12. The number of carbonyl (C=O) groups excluding carboxylic acids is 1. The van der Waals surface area contributed by atoms with Crippen LogP contribution in [0.4, 0.5) is 0 Å². The predicted molar refractivity (Wildman–Crippen MR) is 72.1 cm³/mol. The fraction of sp³-hybridized carbons (Fsp3) is 0.833. The number of carboxylic acids is 1. The van der Waals surface area contributed by atoms with Crippen molar-refractivity contribution in [2.24, 2.45) is 0 Å². The molecule has 0 rings (SSSR count). The molecule has 1 atom stereocenters. The van der Waals surface area contributed by atoms with Crippen LogP contribution in [0.2, 0.25) is 0 Å². The summed E-state index contributed by atoms with van der Waals surface area (Å²) in [6.07, 6.45) is 0. The highest BCUT2D eigenvalue weighted by atomic mass is 16.5. The number of hydrogen-bond acceptors (Lipinski definition) is 5. The summed E-state index contributed by atoms with van der Waals surface area (Å²) in [4.78, 5) is 26.1. The van der Waals surface area contributed by atoms with Gasteiger partial charge in [0.2, 0.25) is 5.91 Å². The smallest absolute Gasteiger partial charge is 0.317 e. The number of hydrogen-bond donors (Lipinski definition) is 2. The Labute approximate surface area is 114 Å². The molecule has 0 aliphatic carbocycles. The van der Waals surface area contributed by atoms with Crippen molar-refractivity contribution in [3.05, 3.63) is 0 Å². The molecule has 0 aromatic carbocycles. The van der Waals surface area contributed by atoms with Crippen molar-refractivity contribution < 1.29 is 19.4 Å². The molecule has 0 spiro atoms. The molecule has 2 N–H and O–H groups in total. The molecule has 0 radical (unpaired) electrons. The van der Waals surface area contributed by atoms with E-state index >= 15 is 0 Å². The first-order valence-electron chi connectivity index (χ1n) is 6.22. The van der Waals surface area contributed by atoms with Gasteiger partial charge in [-0.05, 0) is 21.0 Å². The van der Waals surface area contributed by atoms with Crippen LogP contribution in [0, 0.1) is 0 Å². The van der Waals surface area contributed by atoms with E-state index in [1.165, 1.54) is 0 Å². The summed E-state index contributed by atoms with van der Waals surface area (Å²) in [5.41, 5.74) is 0. The summed E-state index contributed by atoms with van der Waals surface area (Å²) < 4.78 is 4.92. The molecule has 0 aliphatic rings. The Morgan fingerprint density at radius 1 is 1.26 bits per heavy atom. The maximum atomic E-state index is 11.7. The molecule has 1 unspecified atom stereocenters. The van der Waals surface area contributed by atoms with E-state index in [-0.39, 0.29) is 25.0 Å². The first kappa shape index (κ1) is 17.8.